The molecular formula is C13H25NO2. The number of hydrogen-bond donors (Lipinski definition) is 1. The predicted octanol–water partition coefficient (Wildman–Crippen LogP) is 2.75. The van der Waals surface area contributed by atoms with Gasteiger partial charge >= 0.3 is 5.97 Å². The average molecular weight is 227 g/mol. The Kier molecular flexibility index (Phi) is 4.78. The zero-order chi connectivity index (χ0) is 12.2. The molecule has 1 aliphatic rings. The van der Waals surface area contributed by atoms with Gasteiger partial charge in [0.2, 0.25) is 0 Å². The monoisotopic (exact) mass is 227 g/mol. The minimum absolute atomic E-state index is 0.588. The first-order valence-corrected chi connectivity index (χ1v) is 6.45. The highest BCUT2D eigenvalue weighted by Gasteiger charge is 2.29. The maximum absolute atomic E-state index is 11.0. The van der Waals surface area contributed by atoms with Crippen LogP contribution in [-0.4, -0.2) is 35.1 Å². The van der Waals surface area contributed by atoms with Gasteiger partial charge in [-0.15, -0.1) is 0 Å². The summed E-state index contributed by atoms with van der Waals surface area (Å²) in [7, 11) is 0. The maximum Gasteiger partial charge on any atom is 0.309 e. The van der Waals surface area contributed by atoms with E-state index in [9.17, 15) is 4.79 Å². The van der Waals surface area contributed by atoms with Crippen LogP contribution in [0.15, 0.2) is 0 Å². The van der Waals surface area contributed by atoms with Crippen molar-refractivity contribution < 1.29 is 9.90 Å². The van der Waals surface area contributed by atoms with E-state index in [1.165, 1.54) is 25.7 Å². The second-order valence-corrected chi connectivity index (χ2v) is 5.53. The van der Waals surface area contributed by atoms with E-state index in [1.807, 2.05) is 13.8 Å². The average Bonchev–Trinajstić information content (AvgIpc) is 2.26. The van der Waals surface area contributed by atoms with Gasteiger partial charge in [-0.3, -0.25) is 4.79 Å². The second kappa shape index (κ2) is 5.67. The molecule has 0 spiro atoms. The highest BCUT2D eigenvalue weighted by atomic mass is 16.4. The van der Waals surface area contributed by atoms with Gasteiger partial charge in [-0.25, -0.2) is 0 Å². The van der Waals surface area contributed by atoms with Crippen LogP contribution < -0.4 is 0 Å². The summed E-state index contributed by atoms with van der Waals surface area (Å²) >= 11 is 0. The van der Waals surface area contributed by atoms with E-state index in [0.29, 0.717) is 6.04 Å². The molecule has 0 aliphatic carbocycles. The van der Waals surface area contributed by atoms with Crippen LogP contribution in [0.1, 0.15) is 52.9 Å². The van der Waals surface area contributed by atoms with Gasteiger partial charge in [0.05, 0.1) is 5.41 Å². The number of nitrogens with zero attached hydrogens (tertiary/aromatic N) is 1. The van der Waals surface area contributed by atoms with Crippen LogP contribution in [0, 0.1) is 5.41 Å². The summed E-state index contributed by atoms with van der Waals surface area (Å²) in [6.45, 7) is 7.94. The van der Waals surface area contributed by atoms with Crippen molar-refractivity contribution in [2.24, 2.45) is 5.41 Å². The first-order valence-electron chi connectivity index (χ1n) is 6.45. The Bertz CT molecular complexity index is 238. The zero-order valence-corrected chi connectivity index (χ0v) is 10.8. The molecule has 0 amide bonds. The molecule has 1 aliphatic heterocycles. The lowest BCUT2D eigenvalue weighted by Gasteiger charge is -2.36. The lowest BCUT2D eigenvalue weighted by atomic mass is 9.88. The standard InChI is InChI=1S/C13H25NO2/c1-4-11-7-5-6-9-14(11)10-8-13(2,3)12(15)16/h11H,4-10H2,1-3H3,(H,15,16). The summed E-state index contributed by atoms with van der Waals surface area (Å²) in [5.74, 6) is -0.683. The third-order valence-electron chi connectivity index (χ3n) is 3.82. The third-order valence-corrected chi connectivity index (χ3v) is 3.82. The molecule has 0 bridgehead atoms. The van der Waals surface area contributed by atoms with E-state index < -0.39 is 11.4 Å². The van der Waals surface area contributed by atoms with Crippen LogP contribution in [0.5, 0.6) is 0 Å². The predicted molar refractivity (Wildman–Crippen MR) is 65.5 cm³/mol. The van der Waals surface area contributed by atoms with Gasteiger partial charge in [-0.2, -0.15) is 0 Å². The minimum Gasteiger partial charge on any atom is -0.481 e. The van der Waals surface area contributed by atoms with Gasteiger partial charge in [0, 0.05) is 6.04 Å². The highest BCUT2D eigenvalue weighted by molar-refractivity contribution is 5.73. The molecule has 0 radical (unpaired) electrons. The molecule has 1 heterocycles. The number of carbonyl (C=O) groups is 1. The van der Waals surface area contributed by atoms with Gasteiger partial charge in [0.15, 0.2) is 0 Å². The first kappa shape index (κ1) is 13.5. The number of aliphatic carboxylic acids is 1. The molecule has 0 aromatic rings. The Morgan fingerprint density at radius 1 is 1.44 bits per heavy atom. The van der Waals surface area contributed by atoms with Crippen LogP contribution >= 0.6 is 0 Å². The van der Waals surface area contributed by atoms with Gasteiger partial charge in [-0.1, -0.05) is 13.3 Å². The molecule has 0 saturated carbocycles. The Morgan fingerprint density at radius 2 is 2.12 bits per heavy atom. The van der Waals surface area contributed by atoms with Gasteiger partial charge in [0.1, 0.15) is 0 Å². The van der Waals surface area contributed by atoms with E-state index in [4.69, 9.17) is 5.11 Å². The van der Waals surface area contributed by atoms with Crippen molar-refractivity contribution >= 4 is 5.97 Å². The molecule has 3 heteroatoms. The maximum atomic E-state index is 11.0. The van der Waals surface area contributed by atoms with Crippen molar-refractivity contribution in [3.05, 3.63) is 0 Å². The van der Waals surface area contributed by atoms with Crippen LogP contribution in [0.25, 0.3) is 0 Å². The number of carboxylic acids is 1. The fourth-order valence-electron chi connectivity index (χ4n) is 2.35. The topological polar surface area (TPSA) is 40.5 Å². The van der Waals surface area contributed by atoms with E-state index in [0.717, 1.165) is 19.5 Å². The number of rotatable bonds is 5. The summed E-state index contributed by atoms with van der Waals surface area (Å²) < 4.78 is 0. The fourth-order valence-corrected chi connectivity index (χ4v) is 2.35. The van der Waals surface area contributed by atoms with Crippen molar-refractivity contribution in [2.75, 3.05) is 13.1 Å². The van der Waals surface area contributed by atoms with Crippen molar-refractivity contribution in [3.63, 3.8) is 0 Å². The Morgan fingerprint density at radius 3 is 2.69 bits per heavy atom. The van der Waals surface area contributed by atoms with Crippen molar-refractivity contribution in [3.8, 4) is 0 Å². The number of piperidine rings is 1. The van der Waals surface area contributed by atoms with Gasteiger partial charge in [0.25, 0.3) is 0 Å². The van der Waals surface area contributed by atoms with E-state index in [-0.39, 0.29) is 0 Å². The Balaban J connectivity index is 2.43. The number of likely N-dealkylation sites (tertiary alicyclic amines) is 1. The Labute approximate surface area is 98.8 Å². The molecule has 94 valence electrons. The third kappa shape index (κ3) is 3.48. The largest absolute Gasteiger partial charge is 0.481 e. The van der Waals surface area contributed by atoms with Crippen molar-refractivity contribution in [2.45, 2.75) is 58.9 Å². The Hall–Kier alpha value is -0.570. The molecule has 1 unspecified atom stereocenters. The van der Waals surface area contributed by atoms with Crippen LogP contribution in [0.2, 0.25) is 0 Å². The smallest absolute Gasteiger partial charge is 0.309 e. The van der Waals surface area contributed by atoms with Crippen LogP contribution in [0.3, 0.4) is 0 Å². The van der Waals surface area contributed by atoms with E-state index in [1.54, 1.807) is 0 Å². The molecule has 16 heavy (non-hydrogen) atoms. The lowest BCUT2D eigenvalue weighted by molar-refractivity contribution is -0.147. The summed E-state index contributed by atoms with van der Waals surface area (Å²) in [6.07, 6.45) is 5.82. The molecular weight excluding hydrogens is 202 g/mol. The summed E-state index contributed by atoms with van der Waals surface area (Å²) in [4.78, 5) is 13.5. The minimum atomic E-state index is -0.683. The SMILES string of the molecule is CCC1CCCCN1CCC(C)(C)C(=O)O. The second-order valence-electron chi connectivity index (χ2n) is 5.53. The molecule has 1 atom stereocenters. The highest BCUT2D eigenvalue weighted by Crippen LogP contribution is 2.25. The fraction of sp³-hybridized carbons (Fsp3) is 0.923. The number of carboxylic acid groups (broad SMARTS) is 1. The molecule has 3 nitrogen and oxygen atoms in total. The van der Waals surface area contributed by atoms with E-state index >= 15 is 0 Å². The normalized spacial score (nSPS) is 23.3. The van der Waals surface area contributed by atoms with Crippen LogP contribution in [-0.2, 0) is 4.79 Å². The van der Waals surface area contributed by atoms with Crippen molar-refractivity contribution in [1.82, 2.24) is 4.90 Å². The van der Waals surface area contributed by atoms with E-state index in [2.05, 4.69) is 11.8 Å². The molecule has 0 aromatic heterocycles. The lowest BCUT2D eigenvalue weighted by Crippen LogP contribution is -2.41. The molecule has 1 N–H and O–H groups in total. The molecule has 1 rings (SSSR count). The molecule has 0 aromatic carbocycles. The zero-order valence-electron chi connectivity index (χ0n) is 10.8. The number of hydrogen-bond acceptors (Lipinski definition) is 2. The summed E-state index contributed by atoms with van der Waals surface area (Å²) in [5, 5.41) is 9.08. The molecule has 1 saturated heterocycles. The van der Waals surface area contributed by atoms with Gasteiger partial charge in [-0.05, 0) is 52.6 Å². The summed E-state index contributed by atoms with van der Waals surface area (Å²) in [5.41, 5.74) is -0.588. The first-order chi connectivity index (χ1) is 7.47. The van der Waals surface area contributed by atoms with Gasteiger partial charge < -0.3 is 10.0 Å². The molecule has 1 fully saturated rings. The van der Waals surface area contributed by atoms with Crippen molar-refractivity contribution in [1.29, 1.82) is 0 Å². The summed E-state index contributed by atoms with van der Waals surface area (Å²) in [6, 6.07) is 0.679. The van der Waals surface area contributed by atoms with Crippen LogP contribution in [0.4, 0.5) is 0 Å². The quantitative estimate of drug-likeness (QED) is 0.785.